The maximum absolute atomic E-state index is 11.7. The molecule has 1 aromatic heterocycles. The monoisotopic (exact) mass is 234 g/mol. The quantitative estimate of drug-likeness (QED) is 0.813. The summed E-state index contributed by atoms with van der Waals surface area (Å²) in [4.78, 5) is 26.3. The molecule has 1 fully saturated rings. The molecule has 0 aromatic carbocycles. The summed E-state index contributed by atoms with van der Waals surface area (Å²) in [6.07, 6.45) is 3.77. The molecule has 1 heterocycles. The van der Waals surface area contributed by atoms with Gasteiger partial charge in [0, 0.05) is 12.4 Å². The zero-order valence-corrected chi connectivity index (χ0v) is 9.46. The van der Waals surface area contributed by atoms with Crippen molar-refractivity contribution < 1.29 is 14.7 Å². The summed E-state index contributed by atoms with van der Waals surface area (Å²) in [5, 5.41) is 11.5. The van der Waals surface area contributed by atoms with Crippen molar-refractivity contribution in [2.45, 2.75) is 19.4 Å². The molecule has 0 saturated heterocycles. The van der Waals surface area contributed by atoms with Gasteiger partial charge in [-0.15, -0.1) is 0 Å². The van der Waals surface area contributed by atoms with Crippen molar-refractivity contribution in [2.75, 3.05) is 0 Å². The second-order valence-corrected chi connectivity index (χ2v) is 4.30. The van der Waals surface area contributed by atoms with E-state index in [2.05, 4.69) is 10.3 Å². The number of hydrogen-bond donors (Lipinski definition) is 2. The number of amides is 1. The van der Waals surface area contributed by atoms with Crippen LogP contribution in [-0.2, 0) is 9.59 Å². The summed E-state index contributed by atoms with van der Waals surface area (Å²) >= 11 is 0. The van der Waals surface area contributed by atoms with Gasteiger partial charge in [0.1, 0.15) is 0 Å². The molecule has 1 amide bonds. The number of nitrogens with zero attached hydrogens (tertiary/aromatic N) is 1. The normalized spacial score (nSPS) is 23.8. The van der Waals surface area contributed by atoms with Crippen molar-refractivity contribution in [3.05, 3.63) is 30.1 Å². The Balaban J connectivity index is 1.90. The Kier molecular flexibility index (Phi) is 3.08. The first-order valence-electron chi connectivity index (χ1n) is 5.52. The SMILES string of the molecule is C[C@H](NC(=O)C1CC1C(=O)O)c1ccncc1. The maximum Gasteiger partial charge on any atom is 0.307 e. The van der Waals surface area contributed by atoms with Gasteiger partial charge in [-0.2, -0.15) is 0 Å². The van der Waals surface area contributed by atoms with E-state index >= 15 is 0 Å². The molecule has 0 spiro atoms. The molecular weight excluding hydrogens is 220 g/mol. The zero-order valence-electron chi connectivity index (χ0n) is 9.46. The van der Waals surface area contributed by atoms with Gasteiger partial charge in [0.25, 0.3) is 0 Å². The number of carboxylic acids is 1. The number of aliphatic carboxylic acids is 1. The molecule has 0 bridgehead atoms. The lowest BCUT2D eigenvalue weighted by Gasteiger charge is -2.13. The van der Waals surface area contributed by atoms with Gasteiger partial charge in [0.15, 0.2) is 0 Å². The fourth-order valence-corrected chi connectivity index (χ4v) is 1.81. The van der Waals surface area contributed by atoms with Crippen molar-refractivity contribution in [2.24, 2.45) is 11.8 Å². The van der Waals surface area contributed by atoms with Crippen molar-refractivity contribution >= 4 is 11.9 Å². The molecule has 0 radical (unpaired) electrons. The van der Waals surface area contributed by atoms with Crippen LogP contribution in [0.25, 0.3) is 0 Å². The molecule has 2 rings (SSSR count). The van der Waals surface area contributed by atoms with Crippen LogP contribution < -0.4 is 5.32 Å². The Labute approximate surface area is 98.9 Å². The van der Waals surface area contributed by atoms with Crippen LogP contribution in [0.5, 0.6) is 0 Å². The summed E-state index contributed by atoms with van der Waals surface area (Å²) in [7, 11) is 0. The summed E-state index contributed by atoms with van der Waals surface area (Å²) in [6.45, 7) is 1.87. The minimum absolute atomic E-state index is 0.124. The minimum Gasteiger partial charge on any atom is -0.481 e. The first kappa shape index (κ1) is 11.6. The summed E-state index contributed by atoms with van der Waals surface area (Å²) < 4.78 is 0. The molecule has 1 saturated carbocycles. The Hall–Kier alpha value is -1.91. The smallest absolute Gasteiger partial charge is 0.307 e. The highest BCUT2D eigenvalue weighted by Gasteiger charge is 2.48. The van der Waals surface area contributed by atoms with Gasteiger partial charge in [0.2, 0.25) is 5.91 Å². The lowest BCUT2D eigenvalue weighted by Crippen LogP contribution is -2.29. The van der Waals surface area contributed by atoms with Gasteiger partial charge in [-0.3, -0.25) is 14.6 Å². The van der Waals surface area contributed by atoms with E-state index < -0.39 is 11.9 Å². The number of carboxylic acid groups (broad SMARTS) is 1. The second-order valence-electron chi connectivity index (χ2n) is 4.30. The van der Waals surface area contributed by atoms with Crippen LogP contribution in [-0.4, -0.2) is 22.0 Å². The molecular formula is C12H14N2O3. The first-order chi connectivity index (χ1) is 8.09. The number of hydrogen-bond acceptors (Lipinski definition) is 3. The van der Waals surface area contributed by atoms with Gasteiger partial charge >= 0.3 is 5.97 Å². The van der Waals surface area contributed by atoms with E-state index in [0.29, 0.717) is 6.42 Å². The molecule has 5 heteroatoms. The molecule has 1 aromatic rings. The van der Waals surface area contributed by atoms with Gasteiger partial charge in [-0.25, -0.2) is 0 Å². The average Bonchev–Trinajstić information content (AvgIpc) is 3.10. The van der Waals surface area contributed by atoms with Crippen molar-refractivity contribution in [3.8, 4) is 0 Å². The molecule has 2 N–H and O–H groups in total. The Morgan fingerprint density at radius 1 is 1.41 bits per heavy atom. The summed E-state index contributed by atoms with van der Waals surface area (Å²) in [5.41, 5.74) is 0.959. The number of carbonyl (C=O) groups is 2. The molecule has 0 aliphatic heterocycles. The van der Waals surface area contributed by atoms with E-state index in [0.717, 1.165) is 5.56 Å². The van der Waals surface area contributed by atoms with E-state index in [1.54, 1.807) is 12.4 Å². The van der Waals surface area contributed by atoms with Crippen molar-refractivity contribution in [1.29, 1.82) is 0 Å². The topological polar surface area (TPSA) is 79.3 Å². The van der Waals surface area contributed by atoms with E-state index in [1.165, 1.54) is 0 Å². The second kappa shape index (κ2) is 4.53. The van der Waals surface area contributed by atoms with Crippen LogP contribution in [0.1, 0.15) is 24.9 Å². The van der Waals surface area contributed by atoms with Gasteiger partial charge in [0.05, 0.1) is 17.9 Å². The Bertz CT molecular complexity index is 433. The third-order valence-corrected chi connectivity index (χ3v) is 3.01. The maximum atomic E-state index is 11.7. The number of aromatic nitrogens is 1. The van der Waals surface area contributed by atoms with Crippen LogP contribution in [0.2, 0.25) is 0 Å². The lowest BCUT2D eigenvalue weighted by molar-refractivity contribution is -0.140. The highest BCUT2D eigenvalue weighted by Crippen LogP contribution is 2.39. The van der Waals surface area contributed by atoms with Crippen molar-refractivity contribution in [1.82, 2.24) is 10.3 Å². The van der Waals surface area contributed by atoms with Crippen LogP contribution in [0.3, 0.4) is 0 Å². The fourth-order valence-electron chi connectivity index (χ4n) is 1.81. The van der Waals surface area contributed by atoms with Crippen LogP contribution in [0, 0.1) is 11.8 Å². The fraction of sp³-hybridized carbons (Fsp3) is 0.417. The third-order valence-electron chi connectivity index (χ3n) is 3.01. The van der Waals surface area contributed by atoms with Crippen LogP contribution in [0.4, 0.5) is 0 Å². The first-order valence-corrected chi connectivity index (χ1v) is 5.52. The van der Waals surface area contributed by atoms with Gasteiger partial charge in [-0.1, -0.05) is 0 Å². The molecule has 1 aliphatic rings. The molecule has 5 nitrogen and oxygen atoms in total. The molecule has 90 valence electrons. The molecule has 2 unspecified atom stereocenters. The largest absolute Gasteiger partial charge is 0.481 e. The van der Waals surface area contributed by atoms with E-state index in [1.807, 2.05) is 19.1 Å². The number of rotatable bonds is 4. The molecule has 17 heavy (non-hydrogen) atoms. The van der Waals surface area contributed by atoms with Gasteiger partial charge < -0.3 is 10.4 Å². The molecule has 1 aliphatic carbocycles. The van der Waals surface area contributed by atoms with E-state index in [-0.39, 0.29) is 17.9 Å². The lowest BCUT2D eigenvalue weighted by atomic mass is 10.1. The van der Waals surface area contributed by atoms with Crippen molar-refractivity contribution in [3.63, 3.8) is 0 Å². The average molecular weight is 234 g/mol. The number of pyridine rings is 1. The highest BCUT2D eigenvalue weighted by atomic mass is 16.4. The summed E-state index contributed by atoms with van der Waals surface area (Å²) in [5.74, 6) is -1.93. The predicted molar refractivity (Wildman–Crippen MR) is 60.0 cm³/mol. The number of nitrogens with one attached hydrogen (secondary N) is 1. The summed E-state index contributed by atoms with van der Waals surface area (Å²) in [6, 6.07) is 3.53. The number of carbonyl (C=O) groups excluding carboxylic acids is 1. The van der Waals surface area contributed by atoms with E-state index in [4.69, 9.17) is 5.11 Å². The zero-order chi connectivity index (χ0) is 12.4. The Morgan fingerprint density at radius 2 is 2.06 bits per heavy atom. The van der Waals surface area contributed by atoms with Gasteiger partial charge in [-0.05, 0) is 31.0 Å². The molecule has 3 atom stereocenters. The standard InChI is InChI=1S/C12H14N2O3/c1-7(8-2-4-13-5-3-8)14-11(15)9-6-10(9)12(16)17/h2-5,7,9-10H,6H2,1H3,(H,14,15)(H,16,17)/t7-,9?,10?/m0/s1. The van der Waals surface area contributed by atoms with E-state index in [9.17, 15) is 9.59 Å². The van der Waals surface area contributed by atoms with Crippen LogP contribution >= 0.6 is 0 Å². The van der Waals surface area contributed by atoms with Crippen LogP contribution in [0.15, 0.2) is 24.5 Å². The third kappa shape index (κ3) is 2.61. The Morgan fingerprint density at radius 3 is 2.59 bits per heavy atom. The highest BCUT2D eigenvalue weighted by molar-refractivity contribution is 5.89. The minimum atomic E-state index is -0.887. The predicted octanol–water partition coefficient (Wildman–Crippen LogP) is 0.979.